The van der Waals surface area contributed by atoms with Crippen molar-refractivity contribution in [1.29, 1.82) is 0 Å². The second-order valence-corrected chi connectivity index (χ2v) is 4.54. The Morgan fingerprint density at radius 2 is 2.10 bits per heavy atom. The van der Waals surface area contributed by atoms with Crippen molar-refractivity contribution >= 4 is 17.4 Å². The summed E-state index contributed by atoms with van der Waals surface area (Å²) in [7, 11) is 0. The van der Waals surface area contributed by atoms with Gasteiger partial charge in [0, 0.05) is 12.6 Å². The van der Waals surface area contributed by atoms with E-state index in [1.54, 1.807) is 0 Å². The first-order valence-corrected chi connectivity index (χ1v) is 6.39. The van der Waals surface area contributed by atoms with Crippen molar-refractivity contribution < 1.29 is 18.6 Å². The zero-order valence-corrected chi connectivity index (χ0v) is 11.5. The highest BCUT2D eigenvalue weighted by Crippen LogP contribution is 2.15. The maximum atomic E-state index is 13.0. The maximum absolute atomic E-state index is 13.0. The molecule has 112 valence electrons. The van der Waals surface area contributed by atoms with Crippen LogP contribution in [0.3, 0.4) is 0 Å². The van der Waals surface area contributed by atoms with E-state index >= 15 is 0 Å². The lowest BCUT2D eigenvalue weighted by Gasteiger charge is -2.13. The van der Waals surface area contributed by atoms with Gasteiger partial charge in [0.05, 0.1) is 12.4 Å². The van der Waals surface area contributed by atoms with Crippen molar-refractivity contribution in [3.05, 3.63) is 47.4 Å². The molecule has 0 aliphatic rings. The number of nitrogens with one attached hydrogen (secondary N) is 1. The van der Waals surface area contributed by atoms with Crippen LogP contribution < -0.4 is 10.1 Å². The Hall–Kier alpha value is -1.99. The van der Waals surface area contributed by atoms with Crippen LogP contribution in [0.2, 0.25) is 5.15 Å². The van der Waals surface area contributed by atoms with Crippen molar-refractivity contribution in [3.63, 3.8) is 0 Å². The molecule has 0 amide bonds. The van der Waals surface area contributed by atoms with Gasteiger partial charge in [0.25, 0.3) is 0 Å². The number of rotatable bonds is 6. The van der Waals surface area contributed by atoms with Crippen LogP contribution in [-0.4, -0.2) is 34.3 Å². The highest BCUT2D eigenvalue weighted by Gasteiger charge is 2.08. The van der Waals surface area contributed by atoms with Crippen LogP contribution in [0.4, 0.5) is 14.6 Å². The lowest BCUT2D eigenvalue weighted by atomic mass is 10.3. The summed E-state index contributed by atoms with van der Waals surface area (Å²) in [6, 6.07) is 3.15. The van der Waals surface area contributed by atoms with Gasteiger partial charge in [0.1, 0.15) is 29.4 Å². The normalized spacial score (nSPS) is 12.0. The molecule has 1 aromatic heterocycles. The molecule has 2 N–H and O–H groups in total. The number of aliphatic hydroxyl groups is 1. The summed E-state index contributed by atoms with van der Waals surface area (Å²) in [5.41, 5.74) is 0. The molecular formula is C13H12ClF2N3O2. The fourth-order valence-corrected chi connectivity index (χ4v) is 1.62. The van der Waals surface area contributed by atoms with Gasteiger partial charge in [-0.2, -0.15) is 0 Å². The Kier molecular flexibility index (Phi) is 5.24. The highest BCUT2D eigenvalue weighted by atomic mass is 35.5. The summed E-state index contributed by atoms with van der Waals surface area (Å²) < 4.78 is 30.8. The fourth-order valence-electron chi connectivity index (χ4n) is 1.47. The molecule has 2 rings (SSSR count). The average Bonchev–Trinajstić information content (AvgIpc) is 2.46. The van der Waals surface area contributed by atoms with E-state index in [4.69, 9.17) is 16.3 Å². The molecule has 0 bridgehead atoms. The number of ether oxygens (including phenoxy) is 1. The van der Waals surface area contributed by atoms with Gasteiger partial charge >= 0.3 is 0 Å². The minimum atomic E-state index is -1.01. The van der Waals surface area contributed by atoms with Crippen molar-refractivity contribution in [2.75, 3.05) is 18.5 Å². The Bertz CT molecular complexity index is 616. The number of benzene rings is 1. The van der Waals surface area contributed by atoms with Crippen LogP contribution in [0.25, 0.3) is 0 Å². The minimum absolute atomic E-state index is 0.0912. The van der Waals surface area contributed by atoms with Gasteiger partial charge in [-0.3, -0.25) is 4.98 Å². The number of hydrogen-bond acceptors (Lipinski definition) is 5. The Morgan fingerprint density at radius 3 is 2.81 bits per heavy atom. The van der Waals surface area contributed by atoms with Crippen LogP contribution in [0.5, 0.6) is 5.75 Å². The standard InChI is InChI=1S/C13H12ClF2N3O2/c14-12-5-17-6-13(19-12)18-4-8(20)7-21-9-1-2-10(15)11(16)3-9/h1-3,5-6,8,20H,4,7H2,(H,18,19). The van der Waals surface area contributed by atoms with E-state index in [1.165, 1.54) is 18.5 Å². The van der Waals surface area contributed by atoms with Crippen molar-refractivity contribution in [2.24, 2.45) is 0 Å². The maximum Gasteiger partial charge on any atom is 0.162 e. The second kappa shape index (κ2) is 7.14. The molecule has 1 unspecified atom stereocenters. The number of aromatic nitrogens is 2. The molecule has 8 heteroatoms. The molecule has 0 aliphatic carbocycles. The smallest absolute Gasteiger partial charge is 0.162 e. The zero-order chi connectivity index (χ0) is 15.2. The number of nitrogens with zero attached hydrogens (tertiary/aromatic N) is 2. The van der Waals surface area contributed by atoms with Gasteiger partial charge < -0.3 is 15.2 Å². The topological polar surface area (TPSA) is 67.3 Å². The van der Waals surface area contributed by atoms with Gasteiger partial charge in [-0.15, -0.1) is 0 Å². The van der Waals surface area contributed by atoms with E-state index in [9.17, 15) is 13.9 Å². The van der Waals surface area contributed by atoms with Gasteiger partial charge in [-0.25, -0.2) is 13.8 Å². The fraction of sp³-hybridized carbons (Fsp3) is 0.231. The molecular weight excluding hydrogens is 304 g/mol. The third-order valence-electron chi connectivity index (χ3n) is 2.46. The number of anilines is 1. The van der Waals surface area contributed by atoms with E-state index in [2.05, 4.69) is 15.3 Å². The van der Waals surface area contributed by atoms with Gasteiger partial charge in [-0.05, 0) is 12.1 Å². The molecule has 1 aromatic carbocycles. The summed E-state index contributed by atoms with van der Waals surface area (Å²) in [5.74, 6) is -1.41. The largest absolute Gasteiger partial charge is 0.491 e. The van der Waals surface area contributed by atoms with E-state index in [0.717, 1.165) is 12.1 Å². The summed E-state index contributed by atoms with van der Waals surface area (Å²) in [4.78, 5) is 7.76. The summed E-state index contributed by atoms with van der Waals surface area (Å²) in [6.45, 7) is 0.0464. The van der Waals surface area contributed by atoms with Crippen LogP contribution in [0.1, 0.15) is 0 Å². The number of aliphatic hydroxyl groups excluding tert-OH is 1. The van der Waals surface area contributed by atoms with E-state index in [-0.39, 0.29) is 24.1 Å². The first-order chi connectivity index (χ1) is 10.0. The summed E-state index contributed by atoms with van der Waals surface area (Å²) >= 11 is 5.66. The molecule has 0 radical (unpaired) electrons. The van der Waals surface area contributed by atoms with Crippen molar-refractivity contribution in [3.8, 4) is 5.75 Å². The number of hydrogen-bond donors (Lipinski definition) is 2. The number of halogens is 3. The third kappa shape index (κ3) is 4.80. The molecule has 0 aliphatic heterocycles. The molecule has 1 atom stereocenters. The lowest BCUT2D eigenvalue weighted by Crippen LogP contribution is -2.26. The van der Waals surface area contributed by atoms with Gasteiger partial charge in [0.15, 0.2) is 11.6 Å². The monoisotopic (exact) mass is 315 g/mol. The summed E-state index contributed by atoms with van der Waals surface area (Å²) in [6.07, 6.45) is 1.96. The third-order valence-corrected chi connectivity index (χ3v) is 2.64. The first kappa shape index (κ1) is 15.4. The molecule has 21 heavy (non-hydrogen) atoms. The molecule has 1 heterocycles. The molecule has 0 fully saturated rings. The SMILES string of the molecule is OC(CNc1cncc(Cl)n1)COc1ccc(F)c(F)c1. The van der Waals surface area contributed by atoms with E-state index in [0.29, 0.717) is 5.82 Å². The second-order valence-electron chi connectivity index (χ2n) is 4.15. The Labute approximate surface area is 124 Å². The minimum Gasteiger partial charge on any atom is -0.491 e. The van der Waals surface area contributed by atoms with Crippen LogP contribution in [0, 0.1) is 11.6 Å². The average molecular weight is 316 g/mol. The summed E-state index contributed by atoms with van der Waals surface area (Å²) in [5, 5.41) is 12.8. The van der Waals surface area contributed by atoms with Gasteiger partial charge in [0.2, 0.25) is 0 Å². The Balaban J connectivity index is 1.79. The zero-order valence-electron chi connectivity index (χ0n) is 10.8. The molecule has 5 nitrogen and oxygen atoms in total. The molecule has 0 spiro atoms. The molecule has 0 saturated carbocycles. The van der Waals surface area contributed by atoms with Crippen molar-refractivity contribution in [2.45, 2.75) is 6.10 Å². The Morgan fingerprint density at radius 1 is 1.29 bits per heavy atom. The highest BCUT2D eigenvalue weighted by molar-refractivity contribution is 6.29. The van der Waals surface area contributed by atoms with Gasteiger partial charge in [-0.1, -0.05) is 11.6 Å². The van der Waals surface area contributed by atoms with Crippen LogP contribution in [0.15, 0.2) is 30.6 Å². The molecule has 0 saturated heterocycles. The van der Waals surface area contributed by atoms with E-state index in [1.807, 2.05) is 0 Å². The predicted octanol–water partition coefficient (Wildman–Crippen LogP) is 2.26. The van der Waals surface area contributed by atoms with Crippen molar-refractivity contribution in [1.82, 2.24) is 9.97 Å². The van der Waals surface area contributed by atoms with Crippen LogP contribution in [-0.2, 0) is 0 Å². The van der Waals surface area contributed by atoms with E-state index < -0.39 is 17.7 Å². The predicted molar refractivity (Wildman–Crippen MR) is 73.4 cm³/mol. The lowest BCUT2D eigenvalue weighted by molar-refractivity contribution is 0.117. The quantitative estimate of drug-likeness (QED) is 0.856. The molecule has 2 aromatic rings. The van der Waals surface area contributed by atoms with Crippen LogP contribution >= 0.6 is 11.6 Å². The first-order valence-electron chi connectivity index (χ1n) is 6.02.